The Bertz CT molecular complexity index is 309. The lowest BCUT2D eigenvalue weighted by molar-refractivity contribution is 0.226. The summed E-state index contributed by atoms with van der Waals surface area (Å²) in [5.74, 6) is 0.837. The van der Waals surface area contributed by atoms with Gasteiger partial charge in [0.05, 0.1) is 5.75 Å². The van der Waals surface area contributed by atoms with Crippen LogP contribution < -0.4 is 5.32 Å². The van der Waals surface area contributed by atoms with E-state index in [0.29, 0.717) is 11.7 Å². The van der Waals surface area contributed by atoms with Crippen molar-refractivity contribution < 1.29 is 8.42 Å². The van der Waals surface area contributed by atoms with Gasteiger partial charge in [0.25, 0.3) is 0 Å². The number of piperidine rings is 1. The minimum Gasteiger partial charge on any atom is -0.316 e. The second-order valence-electron chi connectivity index (χ2n) is 4.63. The summed E-state index contributed by atoms with van der Waals surface area (Å²) in [4.78, 5) is 0. The first-order valence-electron chi connectivity index (χ1n) is 5.81. The molecule has 15 heavy (non-hydrogen) atoms. The molecule has 4 nitrogen and oxygen atoms in total. The SMILES string of the molecule is CC(C1CCCNC1)N1CCCS1(=O)=O. The topological polar surface area (TPSA) is 49.4 Å². The summed E-state index contributed by atoms with van der Waals surface area (Å²) < 4.78 is 25.2. The molecular weight excluding hydrogens is 212 g/mol. The molecule has 88 valence electrons. The summed E-state index contributed by atoms with van der Waals surface area (Å²) in [7, 11) is -2.93. The molecule has 2 rings (SSSR count). The monoisotopic (exact) mass is 232 g/mol. The van der Waals surface area contributed by atoms with Gasteiger partial charge in [-0.05, 0) is 45.2 Å². The van der Waals surface area contributed by atoms with Crippen molar-refractivity contribution >= 4 is 10.0 Å². The van der Waals surface area contributed by atoms with Crippen LogP contribution in [-0.4, -0.2) is 44.2 Å². The number of rotatable bonds is 2. The molecule has 0 bridgehead atoms. The smallest absolute Gasteiger partial charge is 0.214 e. The number of hydrogen-bond acceptors (Lipinski definition) is 3. The van der Waals surface area contributed by atoms with E-state index in [-0.39, 0.29) is 6.04 Å². The number of nitrogens with zero attached hydrogens (tertiary/aromatic N) is 1. The molecule has 2 unspecified atom stereocenters. The normalized spacial score (nSPS) is 34.1. The van der Waals surface area contributed by atoms with Gasteiger partial charge >= 0.3 is 0 Å². The third kappa shape index (κ3) is 2.34. The summed E-state index contributed by atoms with van der Waals surface area (Å²) in [6.45, 7) is 4.82. The Morgan fingerprint density at radius 1 is 1.40 bits per heavy atom. The first kappa shape index (κ1) is 11.4. The van der Waals surface area contributed by atoms with Crippen LogP contribution in [0.2, 0.25) is 0 Å². The third-order valence-electron chi connectivity index (χ3n) is 3.61. The summed E-state index contributed by atoms with van der Waals surface area (Å²) in [5, 5.41) is 3.35. The summed E-state index contributed by atoms with van der Waals surface area (Å²) in [6.07, 6.45) is 3.12. The number of nitrogens with one attached hydrogen (secondary N) is 1. The molecule has 0 saturated carbocycles. The molecule has 2 saturated heterocycles. The van der Waals surface area contributed by atoms with Gasteiger partial charge in [0.1, 0.15) is 0 Å². The van der Waals surface area contributed by atoms with Crippen LogP contribution in [0.25, 0.3) is 0 Å². The second kappa shape index (κ2) is 4.39. The predicted molar refractivity (Wildman–Crippen MR) is 60.2 cm³/mol. The quantitative estimate of drug-likeness (QED) is 0.750. The van der Waals surface area contributed by atoms with Crippen LogP contribution in [0.3, 0.4) is 0 Å². The Labute approximate surface area is 92.1 Å². The molecule has 2 aliphatic heterocycles. The van der Waals surface area contributed by atoms with Crippen LogP contribution in [0.15, 0.2) is 0 Å². The van der Waals surface area contributed by atoms with Crippen LogP contribution in [0, 0.1) is 5.92 Å². The number of hydrogen-bond donors (Lipinski definition) is 1. The zero-order chi connectivity index (χ0) is 10.9. The van der Waals surface area contributed by atoms with E-state index < -0.39 is 10.0 Å². The Kier molecular flexibility index (Phi) is 3.33. The fourth-order valence-corrected chi connectivity index (χ4v) is 4.46. The van der Waals surface area contributed by atoms with Gasteiger partial charge in [-0.3, -0.25) is 0 Å². The maximum atomic E-state index is 11.8. The molecule has 5 heteroatoms. The van der Waals surface area contributed by atoms with E-state index in [0.717, 1.165) is 32.5 Å². The Morgan fingerprint density at radius 2 is 2.20 bits per heavy atom. The maximum Gasteiger partial charge on any atom is 0.214 e. The van der Waals surface area contributed by atoms with E-state index in [1.165, 1.54) is 6.42 Å². The molecule has 0 aromatic rings. The van der Waals surface area contributed by atoms with Crippen molar-refractivity contribution in [3.05, 3.63) is 0 Å². The lowest BCUT2D eigenvalue weighted by Crippen LogP contribution is -2.45. The molecule has 2 aliphatic rings. The molecule has 2 atom stereocenters. The standard InChI is InChI=1S/C10H20N2O2S/c1-9(10-4-2-5-11-8-10)12-6-3-7-15(12,13)14/h9-11H,2-8H2,1H3. The van der Waals surface area contributed by atoms with Gasteiger partial charge < -0.3 is 5.32 Å². The lowest BCUT2D eigenvalue weighted by atomic mass is 9.93. The fourth-order valence-electron chi connectivity index (χ4n) is 2.64. The van der Waals surface area contributed by atoms with E-state index in [2.05, 4.69) is 12.2 Å². The molecular formula is C10H20N2O2S. The van der Waals surface area contributed by atoms with Crippen molar-refractivity contribution in [3.8, 4) is 0 Å². The lowest BCUT2D eigenvalue weighted by Gasteiger charge is -2.33. The predicted octanol–water partition coefficient (Wildman–Crippen LogP) is 0.410. The highest BCUT2D eigenvalue weighted by Gasteiger charge is 2.36. The van der Waals surface area contributed by atoms with E-state index >= 15 is 0 Å². The molecule has 1 N–H and O–H groups in total. The molecule has 0 aromatic carbocycles. The van der Waals surface area contributed by atoms with Gasteiger partial charge in [0.15, 0.2) is 0 Å². The molecule has 2 heterocycles. The first-order valence-corrected chi connectivity index (χ1v) is 7.42. The van der Waals surface area contributed by atoms with Crippen molar-refractivity contribution in [1.29, 1.82) is 0 Å². The summed E-state index contributed by atoms with van der Waals surface area (Å²) in [5.41, 5.74) is 0. The van der Waals surface area contributed by atoms with Crippen molar-refractivity contribution in [3.63, 3.8) is 0 Å². The highest BCUT2D eigenvalue weighted by molar-refractivity contribution is 7.89. The van der Waals surface area contributed by atoms with Crippen LogP contribution in [0.1, 0.15) is 26.2 Å². The average Bonchev–Trinajstić information content (AvgIpc) is 2.58. The maximum absolute atomic E-state index is 11.8. The fraction of sp³-hybridized carbons (Fsp3) is 1.00. The van der Waals surface area contributed by atoms with Gasteiger partial charge in [0.2, 0.25) is 10.0 Å². The Morgan fingerprint density at radius 3 is 2.73 bits per heavy atom. The zero-order valence-electron chi connectivity index (χ0n) is 9.28. The molecule has 0 amide bonds. The minimum atomic E-state index is -2.93. The van der Waals surface area contributed by atoms with E-state index in [9.17, 15) is 8.42 Å². The van der Waals surface area contributed by atoms with Crippen LogP contribution in [-0.2, 0) is 10.0 Å². The van der Waals surface area contributed by atoms with Crippen LogP contribution in [0.5, 0.6) is 0 Å². The third-order valence-corrected chi connectivity index (χ3v) is 5.64. The van der Waals surface area contributed by atoms with Gasteiger partial charge in [-0.2, -0.15) is 4.31 Å². The molecule has 0 aromatic heterocycles. The zero-order valence-corrected chi connectivity index (χ0v) is 10.1. The van der Waals surface area contributed by atoms with E-state index in [4.69, 9.17) is 0 Å². The Hall–Kier alpha value is -0.130. The van der Waals surface area contributed by atoms with E-state index in [1.807, 2.05) is 0 Å². The van der Waals surface area contributed by atoms with Crippen LogP contribution in [0.4, 0.5) is 0 Å². The van der Waals surface area contributed by atoms with Gasteiger partial charge in [-0.15, -0.1) is 0 Å². The molecule has 2 fully saturated rings. The van der Waals surface area contributed by atoms with Crippen LogP contribution >= 0.6 is 0 Å². The van der Waals surface area contributed by atoms with Gasteiger partial charge in [-0.25, -0.2) is 8.42 Å². The summed E-state index contributed by atoms with van der Waals surface area (Å²) >= 11 is 0. The van der Waals surface area contributed by atoms with Crippen molar-refractivity contribution in [2.75, 3.05) is 25.4 Å². The van der Waals surface area contributed by atoms with Gasteiger partial charge in [0, 0.05) is 12.6 Å². The molecule has 0 radical (unpaired) electrons. The average molecular weight is 232 g/mol. The molecule has 0 aliphatic carbocycles. The van der Waals surface area contributed by atoms with Crippen molar-refractivity contribution in [1.82, 2.24) is 9.62 Å². The summed E-state index contributed by atoms with van der Waals surface area (Å²) in [6, 6.07) is 0.172. The van der Waals surface area contributed by atoms with E-state index in [1.54, 1.807) is 4.31 Å². The van der Waals surface area contributed by atoms with Crippen molar-refractivity contribution in [2.45, 2.75) is 32.2 Å². The number of sulfonamides is 1. The highest BCUT2D eigenvalue weighted by atomic mass is 32.2. The largest absolute Gasteiger partial charge is 0.316 e. The second-order valence-corrected chi connectivity index (χ2v) is 6.67. The first-order chi connectivity index (χ1) is 7.11. The minimum absolute atomic E-state index is 0.172. The highest BCUT2D eigenvalue weighted by Crippen LogP contribution is 2.25. The molecule has 0 spiro atoms. The van der Waals surface area contributed by atoms with Crippen molar-refractivity contribution in [2.24, 2.45) is 5.92 Å². The Balaban J connectivity index is 2.03. The van der Waals surface area contributed by atoms with Gasteiger partial charge in [-0.1, -0.05) is 0 Å².